The van der Waals surface area contributed by atoms with Gasteiger partial charge in [-0.05, 0) is 6.92 Å². The fourth-order valence-corrected chi connectivity index (χ4v) is 1.23. The summed E-state index contributed by atoms with van der Waals surface area (Å²) in [6, 6.07) is 0. The number of carbonyl (C=O) groups excluding carboxylic acids is 2. The minimum absolute atomic E-state index is 0.0276. The molecule has 0 aliphatic rings. The van der Waals surface area contributed by atoms with Crippen molar-refractivity contribution in [3.8, 4) is 0 Å². The fraction of sp³-hybridized carbons (Fsp3) is 0.600. The number of hydrogen-bond acceptors (Lipinski definition) is 5. The monoisotopic (exact) mass is 255 g/mol. The van der Waals surface area contributed by atoms with E-state index in [4.69, 9.17) is 0 Å². The molecule has 0 aromatic carbocycles. The first-order valence-electron chi connectivity index (χ1n) is 5.58. The van der Waals surface area contributed by atoms with E-state index in [1.807, 2.05) is 0 Å². The minimum Gasteiger partial charge on any atom is -0.387 e. The highest BCUT2D eigenvalue weighted by atomic mass is 16.3. The normalized spacial score (nSPS) is 11.9. The molecule has 8 nitrogen and oxygen atoms in total. The molecule has 1 heterocycles. The van der Waals surface area contributed by atoms with Crippen molar-refractivity contribution < 1.29 is 14.7 Å². The van der Waals surface area contributed by atoms with Crippen LogP contribution in [0.3, 0.4) is 0 Å². The lowest BCUT2D eigenvalue weighted by molar-refractivity contribution is -0.122. The largest absolute Gasteiger partial charge is 0.387 e. The van der Waals surface area contributed by atoms with Gasteiger partial charge in [0.15, 0.2) is 0 Å². The summed E-state index contributed by atoms with van der Waals surface area (Å²) < 4.78 is 1.34. The molecule has 0 spiro atoms. The molecule has 0 radical (unpaired) electrons. The quantitative estimate of drug-likeness (QED) is 0.541. The summed E-state index contributed by atoms with van der Waals surface area (Å²) in [6.07, 6.45) is 0.805. The number of amides is 2. The van der Waals surface area contributed by atoms with E-state index in [2.05, 4.69) is 20.9 Å². The number of aliphatic hydroxyl groups is 1. The van der Waals surface area contributed by atoms with Gasteiger partial charge in [-0.15, -0.1) is 5.10 Å². The van der Waals surface area contributed by atoms with E-state index < -0.39 is 6.10 Å². The van der Waals surface area contributed by atoms with Crippen LogP contribution >= 0.6 is 0 Å². The van der Waals surface area contributed by atoms with Crippen LogP contribution in [-0.4, -0.2) is 45.0 Å². The lowest BCUT2D eigenvalue weighted by Gasteiger charge is -2.05. The second-order valence-corrected chi connectivity index (χ2v) is 3.85. The first-order valence-corrected chi connectivity index (χ1v) is 5.58. The number of carbonyl (C=O) groups is 2. The van der Waals surface area contributed by atoms with Gasteiger partial charge in [-0.2, -0.15) is 0 Å². The molecular weight excluding hydrogens is 238 g/mol. The number of nitrogens with zero attached hydrogens (tertiary/aromatic N) is 3. The molecule has 0 saturated heterocycles. The molecule has 8 heteroatoms. The van der Waals surface area contributed by atoms with Crippen molar-refractivity contribution in [1.82, 2.24) is 25.6 Å². The van der Waals surface area contributed by atoms with Gasteiger partial charge in [-0.1, -0.05) is 5.21 Å². The molecule has 1 atom stereocenters. The van der Waals surface area contributed by atoms with E-state index in [1.54, 1.807) is 6.92 Å². The third kappa shape index (κ3) is 4.91. The molecule has 1 unspecified atom stereocenters. The highest BCUT2D eigenvalue weighted by Crippen LogP contribution is 2.05. The summed E-state index contributed by atoms with van der Waals surface area (Å²) in [7, 11) is 0. The van der Waals surface area contributed by atoms with Gasteiger partial charge < -0.3 is 15.7 Å². The first-order chi connectivity index (χ1) is 8.49. The van der Waals surface area contributed by atoms with Crippen molar-refractivity contribution >= 4 is 11.8 Å². The van der Waals surface area contributed by atoms with Crippen molar-refractivity contribution in [1.29, 1.82) is 0 Å². The maximum absolute atomic E-state index is 11.5. The number of rotatable bonds is 6. The van der Waals surface area contributed by atoms with Crippen molar-refractivity contribution in [2.24, 2.45) is 0 Å². The molecule has 3 N–H and O–H groups in total. The van der Waals surface area contributed by atoms with Crippen LogP contribution in [0, 0.1) is 0 Å². The molecule has 0 saturated carbocycles. The van der Waals surface area contributed by atoms with Crippen molar-refractivity contribution in [2.75, 3.05) is 13.1 Å². The molecular formula is C10H17N5O3. The summed E-state index contributed by atoms with van der Waals surface area (Å²) in [5.41, 5.74) is 0.418. The van der Waals surface area contributed by atoms with Crippen LogP contribution < -0.4 is 10.6 Å². The van der Waals surface area contributed by atoms with Crippen LogP contribution in [0.2, 0.25) is 0 Å². The predicted octanol–water partition coefficient (Wildman–Crippen LogP) is -1.42. The summed E-state index contributed by atoms with van der Waals surface area (Å²) in [6.45, 7) is 3.75. The minimum atomic E-state index is -0.707. The summed E-state index contributed by atoms with van der Waals surface area (Å²) >= 11 is 0. The number of hydrogen-bond donors (Lipinski definition) is 3. The molecule has 0 bridgehead atoms. The van der Waals surface area contributed by atoms with Gasteiger partial charge in [0, 0.05) is 20.0 Å². The fourth-order valence-electron chi connectivity index (χ4n) is 1.23. The zero-order valence-electron chi connectivity index (χ0n) is 10.4. The third-order valence-electron chi connectivity index (χ3n) is 2.11. The number of nitrogens with one attached hydrogen (secondary N) is 2. The Morgan fingerprint density at radius 1 is 1.44 bits per heavy atom. The SMILES string of the molecule is CC(=O)NCCNC(=O)Cn1cc(C(C)O)nn1. The first kappa shape index (κ1) is 14.1. The second-order valence-electron chi connectivity index (χ2n) is 3.85. The Balaban J connectivity index is 2.28. The Hall–Kier alpha value is -1.96. The van der Waals surface area contributed by atoms with E-state index in [1.165, 1.54) is 17.8 Å². The van der Waals surface area contributed by atoms with Crippen LogP contribution in [0.1, 0.15) is 25.6 Å². The standard InChI is InChI=1S/C10H17N5O3/c1-7(16)9-5-15(14-13-9)6-10(18)12-4-3-11-8(2)17/h5,7,16H,3-4,6H2,1-2H3,(H,11,17)(H,12,18). The summed E-state index contributed by atoms with van der Waals surface area (Å²) in [4.78, 5) is 22.0. The molecule has 100 valence electrons. The van der Waals surface area contributed by atoms with Crippen molar-refractivity contribution in [3.05, 3.63) is 11.9 Å². The summed E-state index contributed by atoms with van der Waals surface area (Å²) in [5, 5.41) is 21.8. The van der Waals surface area contributed by atoms with Crippen LogP contribution in [0.25, 0.3) is 0 Å². The molecule has 0 aliphatic carbocycles. The lowest BCUT2D eigenvalue weighted by Crippen LogP contribution is -2.35. The highest BCUT2D eigenvalue weighted by Gasteiger charge is 2.08. The molecule has 0 fully saturated rings. The Kier molecular flexibility index (Phi) is 5.25. The summed E-state index contributed by atoms with van der Waals surface area (Å²) in [5.74, 6) is -0.371. The molecule has 18 heavy (non-hydrogen) atoms. The third-order valence-corrected chi connectivity index (χ3v) is 2.11. The Bertz CT molecular complexity index is 415. The van der Waals surface area contributed by atoms with Gasteiger partial charge in [0.1, 0.15) is 12.2 Å². The Labute approximate surface area is 104 Å². The van der Waals surface area contributed by atoms with Gasteiger partial charge in [0.2, 0.25) is 11.8 Å². The zero-order valence-corrected chi connectivity index (χ0v) is 10.4. The second kappa shape index (κ2) is 6.70. The number of aromatic nitrogens is 3. The van der Waals surface area contributed by atoms with Gasteiger partial charge in [0.25, 0.3) is 0 Å². The van der Waals surface area contributed by atoms with E-state index in [-0.39, 0.29) is 18.4 Å². The van der Waals surface area contributed by atoms with Crippen LogP contribution in [0.15, 0.2) is 6.20 Å². The van der Waals surface area contributed by atoms with Gasteiger partial charge in [-0.25, -0.2) is 4.68 Å². The average Bonchev–Trinajstić information content (AvgIpc) is 2.72. The van der Waals surface area contributed by atoms with E-state index >= 15 is 0 Å². The van der Waals surface area contributed by atoms with Gasteiger partial charge in [-0.3, -0.25) is 9.59 Å². The lowest BCUT2D eigenvalue weighted by atomic mass is 10.3. The molecule has 1 rings (SSSR count). The van der Waals surface area contributed by atoms with Gasteiger partial charge >= 0.3 is 0 Å². The topological polar surface area (TPSA) is 109 Å². The Morgan fingerprint density at radius 2 is 2.11 bits per heavy atom. The average molecular weight is 255 g/mol. The number of aliphatic hydroxyl groups excluding tert-OH is 1. The zero-order chi connectivity index (χ0) is 13.5. The smallest absolute Gasteiger partial charge is 0.241 e. The maximum Gasteiger partial charge on any atom is 0.241 e. The van der Waals surface area contributed by atoms with E-state index in [0.29, 0.717) is 18.8 Å². The van der Waals surface area contributed by atoms with Crippen LogP contribution in [0.5, 0.6) is 0 Å². The molecule has 2 amide bonds. The van der Waals surface area contributed by atoms with E-state index in [9.17, 15) is 14.7 Å². The Morgan fingerprint density at radius 3 is 2.67 bits per heavy atom. The molecule has 1 aromatic heterocycles. The van der Waals surface area contributed by atoms with Crippen molar-refractivity contribution in [2.45, 2.75) is 26.5 Å². The van der Waals surface area contributed by atoms with Crippen molar-refractivity contribution in [3.63, 3.8) is 0 Å². The van der Waals surface area contributed by atoms with Crippen LogP contribution in [-0.2, 0) is 16.1 Å². The maximum atomic E-state index is 11.5. The highest BCUT2D eigenvalue weighted by molar-refractivity contribution is 5.76. The molecule has 0 aliphatic heterocycles. The van der Waals surface area contributed by atoms with E-state index in [0.717, 1.165) is 0 Å². The predicted molar refractivity (Wildman–Crippen MR) is 62.3 cm³/mol. The van der Waals surface area contributed by atoms with Crippen LogP contribution in [0.4, 0.5) is 0 Å². The van der Waals surface area contributed by atoms with Gasteiger partial charge in [0.05, 0.1) is 12.3 Å². The molecule has 1 aromatic rings.